The summed E-state index contributed by atoms with van der Waals surface area (Å²) in [4.78, 5) is 0. The molecule has 0 amide bonds. The molecule has 6 nitrogen and oxygen atoms in total. The molecule has 2 aromatic carbocycles. The van der Waals surface area contributed by atoms with Crippen LogP contribution in [0.4, 0.5) is 0 Å². The number of hydrogen-bond donors (Lipinski definition) is 2. The highest BCUT2D eigenvalue weighted by atomic mass is 16.8. The van der Waals surface area contributed by atoms with Crippen molar-refractivity contribution >= 4 is 0 Å². The molecule has 162 valence electrons. The summed E-state index contributed by atoms with van der Waals surface area (Å²) in [6.07, 6.45) is -2.09. The molecule has 30 heavy (non-hydrogen) atoms. The second-order valence-electron chi connectivity index (χ2n) is 7.81. The van der Waals surface area contributed by atoms with Gasteiger partial charge in [-0.25, -0.2) is 0 Å². The Morgan fingerprint density at radius 3 is 1.93 bits per heavy atom. The summed E-state index contributed by atoms with van der Waals surface area (Å²) < 4.78 is 24.3. The molecule has 6 heteroatoms. The van der Waals surface area contributed by atoms with Gasteiger partial charge in [-0.3, -0.25) is 0 Å². The van der Waals surface area contributed by atoms with Gasteiger partial charge in [-0.05, 0) is 24.0 Å². The van der Waals surface area contributed by atoms with Gasteiger partial charge in [0.05, 0.1) is 13.2 Å². The highest BCUT2D eigenvalue weighted by Gasteiger charge is 2.48. The zero-order valence-electron chi connectivity index (χ0n) is 17.4. The van der Waals surface area contributed by atoms with Gasteiger partial charge in [0.1, 0.15) is 24.4 Å². The highest BCUT2D eigenvalue weighted by molar-refractivity contribution is 5.25. The molecule has 2 N–H and O–H groups in total. The van der Waals surface area contributed by atoms with E-state index in [2.05, 4.69) is 26.0 Å². The fourth-order valence-electron chi connectivity index (χ4n) is 3.93. The van der Waals surface area contributed by atoms with E-state index in [-0.39, 0.29) is 0 Å². The second-order valence-corrected chi connectivity index (χ2v) is 7.81. The number of benzene rings is 2. The predicted molar refractivity (Wildman–Crippen MR) is 111 cm³/mol. The predicted octanol–water partition coefficient (Wildman–Crippen LogP) is 3.06. The van der Waals surface area contributed by atoms with Crippen LogP contribution in [0.5, 0.6) is 0 Å². The fourth-order valence-corrected chi connectivity index (χ4v) is 3.93. The van der Waals surface area contributed by atoms with Crippen molar-refractivity contribution in [3.63, 3.8) is 0 Å². The smallest absolute Gasteiger partial charge is 0.184 e. The monoisotopic (exact) mass is 414 g/mol. The summed E-state index contributed by atoms with van der Waals surface area (Å²) in [7, 11) is 0. The lowest BCUT2D eigenvalue weighted by Crippen LogP contribution is -2.58. The lowest BCUT2D eigenvalue weighted by molar-refractivity contribution is -0.373. The molecular weight excluding hydrogens is 384 g/mol. The number of fused-ring (bicyclic) bond motifs is 1. The quantitative estimate of drug-likeness (QED) is 0.757. The van der Waals surface area contributed by atoms with Gasteiger partial charge < -0.3 is 29.2 Å². The minimum Gasteiger partial charge on any atom is -0.394 e. The third kappa shape index (κ3) is 4.44. The van der Waals surface area contributed by atoms with Crippen LogP contribution in [-0.2, 0) is 31.8 Å². The minimum atomic E-state index is -1.08. The Kier molecular flexibility index (Phi) is 6.83. The molecule has 0 radical (unpaired) electrons. The van der Waals surface area contributed by atoms with Gasteiger partial charge in [-0.2, -0.15) is 0 Å². The van der Waals surface area contributed by atoms with Crippen molar-refractivity contribution in [1.82, 2.24) is 0 Å². The van der Waals surface area contributed by atoms with Crippen LogP contribution in [0.1, 0.15) is 48.7 Å². The molecule has 6 atom stereocenters. The number of rotatable bonds is 6. The summed E-state index contributed by atoms with van der Waals surface area (Å²) in [6, 6.07) is 16.1. The van der Waals surface area contributed by atoms with Gasteiger partial charge in [-0.15, -0.1) is 0 Å². The maximum absolute atomic E-state index is 10.4. The Morgan fingerprint density at radius 1 is 0.833 bits per heavy atom. The van der Waals surface area contributed by atoms with Crippen LogP contribution in [0.2, 0.25) is 0 Å². The molecule has 2 unspecified atom stereocenters. The van der Waals surface area contributed by atoms with Crippen molar-refractivity contribution in [3.05, 3.63) is 70.8 Å². The number of aryl methyl sites for hydroxylation is 2. The molecular formula is C24H30O6. The van der Waals surface area contributed by atoms with Crippen molar-refractivity contribution in [2.45, 2.75) is 63.7 Å². The van der Waals surface area contributed by atoms with Crippen molar-refractivity contribution in [2.75, 3.05) is 13.2 Å². The Hall–Kier alpha value is -1.80. The van der Waals surface area contributed by atoms with Crippen molar-refractivity contribution in [3.8, 4) is 0 Å². The van der Waals surface area contributed by atoms with Gasteiger partial charge in [0.2, 0.25) is 0 Å². The van der Waals surface area contributed by atoms with Crippen LogP contribution in [0.3, 0.4) is 0 Å². The fraction of sp³-hybridized carbons (Fsp3) is 0.500. The van der Waals surface area contributed by atoms with E-state index in [4.69, 9.17) is 18.9 Å². The Bertz CT molecular complexity index is 803. The summed E-state index contributed by atoms with van der Waals surface area (Å²) in [6.45, 7) is 4.10. The lowest BCUT2D eigenvalue weighted by atomic mass is 9.99. The molecule has 0 aromatic heterocycles. The van der Waals surface area contributed by atoms with Crippen LogP contribution in [0, 0.1) is 0 Å². The van der Waals surface area contributed by atoms with Gasteiger partial charge >= 0.3 is 0 Å². The molecule has 4 rings (SSSR count). The first-order chi connectivity index (χ1) is 14.6. The van der Waals surface area contributed by atoms with Crippen molar-refractivity contribution in [1.29, 1.82) is 0 Å². The second kappa shape index (κ2) is 9.56. The van der Waals surface area contributed by atoms with Crippen LogP contribution < -0.4 is 0 Å². The van der Waals surface area contributed by atoms with E-state index in [0.717, 1.165) is 24.0 Å². The van der Waals surface area contributed by atoms with Crippen LogP contribution >= 0.6 is 0 Å². The van der Waals surface area contributed by atoms with E-state index in [1.807, 2.05) is 36.4 Å². The average molecular weight is 414 g/mol. The molecule has 2 saturated heterocycles. The van der Waals surface area contributed by atoms with Crippen LogP contribution in [0.25, 0.3) is 0 Å². The first-order valence-corrected chi connectivity index (χ1v) is 10.7. The summed E-state index contributed by atoms with van der Waals surface area (Å²) >= 11 is 0. The van der Waals surface area contributed by atoms with E-state index in [9.17, 15) is 10.2 Å². The molecule has 2 fully saturated rings. The highest BCUT2D eigenvalue weighted by Crippen LogP contribution is 2.39. The first-order valence-electron chi connectivity index (χ1n) is 10.7. The van der Waals surface area contributed by atoms with E-state index in [1.54, 1.807) is 0 Å². The molecule has 2 heterocycles. The van der Waals surface area contributed by atoms with Gasteiger partial charge in [-0.1, -0.05) is 62.4 Å². The molecule has 0 saturated carbocycles. The lowest BCUT2D eigenvalue weighted by Gasteiger charge is -2.47. The first kappa shape index (κ1) is 21.4. The topological polar surface area (TPSA) is 77.4 Å². The molecule has 0 aliphatic carbocycles. The Labute approximate surface area is 177 Å². The minimum absolute atomic E-state index is 0.312. The van der Waals surface area contributed by atoms with Crippen LogP contribution in [0.15, 0.2) is 48.5 Å². The number of hydrogen-bond acceptors (Lipinski definition) is 6. The summed E-state index contributed by atoms with van der Waals surface area (Å²) in [5, 5.41) is 20.0. The third-order valence-electron chi connectivity index (χ3n) is 5.85. The number of ether oxygens (including phenoxy) is 4. The molecule has 0 spiro atoms. The SMILES string of the molecule is CCc1ccc(C2OC[C@@H]3OC(c4ccc(CC)cc4)O[C@H]([C@H](O)CO)[C@@H]3O2)cc1. The molecule has 2 aromatic rings. The van der Waals surface area contributed by atoms with Crippen molar-refractivity contribution in [2.24, 2.45) is 0 Å². The van der Waals surface area contributed by atoms with Crippen LogP contribution in [-0.4, -0.2) is 47.8 Å². The Morgan fingerprint density at radius 2 is 1.40 bits per heavy atom. The molecule has 2 aliphatic heterocycles. The molecule has 2 aliphatic rings. The van der Waals surface area contributed by atoms with Gasteiger partial charge in [0, 0.05) is 11.1 Å². The Balaban J connectivity index is 1.52. The van der Waals surface area contributed by atoms with E-state index in [0.29, 0.717) is 6.61 Å². The van der Waals surface area contributed by atoms with Gasteiger partial charge in [0.25, 0.3) is 0 Å². The zero-order chi connectivity index (χ0) is 21.1. The summed E-state index contributed by atoms with van der Waals surface area (Å²) in [5.74, 6) is 0. The normalized spacial score (nSPS) is 29.9. The molecule has 0 bridgehead atoms. The standard InChI is InChI=1S/C24H30O6/c1-3-15-5-9-17(10-6-15)23-27-14-20-22(30-23)21(19(26)13-25)29-24(28-20)18-11-7-16(4-2)8-12-18/h5-12,19-26H,3-4,13-14H2,1-2H3/t19-,20+,21-,22-,23?,24?/m1/s1. The van der Waals surface area contributed by atoms with Gasteiger partial charge in [0.15, 0.2) is 12.6 Å². The maximum Gasteiger partial charge on any atom is 0.184 e. The van der Waals surface area contributed by atoms with E-state index >= 15 is 0 Å². The average Bonchev–Trinajstić information content (AvgIpc) is 2.82. The van der Waals surface area contributed by atoms with E-state index in [1.165, 1.54) is 11.1 Å². The largest absolute Gasteiger partial charge is 0.394 e. The van der Waals surface area contributed by atoms with Crippen molar-refractivity contribution < 1.29 is 29.2 Å². The summed E-state index contributed by atoms with van der Waals surface area (Å²) in [5.41, 5.74) is 4.22. The maximum atomic E-state index is 10.4. The number of aliphatic hydroxyl groups excluding tert-OH is 2. The number of aliphatic hydroxyl groups is 2. The zero-order valence-corrected chi connectivity index (χ0v) is 17.4. The third-order valence-corrected chi connectivity index (χ3v) is 5.85. The van der Waals surface area contributed by atoms with E-state index < -0.39 is 43.6 Å².